The van der Waals surface area contributed by atoms with Crippen LogP contribution in [0.1, 0.15) is 5.56 Å². The number of amides is 1. The SMILES string of the molecule is O=C(Nc1ccc(O)c(F)c1)C1Cc2ccccc2N1. The lowest BCUT2D eigenvalue weighted by molar-refractivity contribution is -0.116. The van der Waals surface area contributed by atoms with Crippen LogP contribution in [0.15, 0.2) is 42.5 Å². The molecular formula is C15H13FN2O2. The van der Waals surface area contributed by atoms with E-state index in [1.165, 1.54) is 12.1 Å². The molecule has 1 heterocycles. The molecule has 1 aliphatic rings. The van der Waals surface area contributed by atoms with E-state index in [0.29, 0.717) is 12.1 Å². The topological polar surface area (TPSA) is 61.4 Å². The maximum absolute atomic E-state index is 13.2. The molecule has 0 radical (unpaired) electrons. The molecule has 2 aromatic carbocycles. The first-order chi connectivity index (χ1) is 9.63. The number of carbonyl (C=O) groups excluding carboxylic acids is 1. The first kappa shape index (κ1) is 12.5. The lowest BCUT2D eigenvalue weighted by atomic mass is 10.1. The number of carbonyl (C=O) groups is 1. The predicted octanol–water partition coefficient (Wildman–Crippen LogP) is 2.51. The third-order valence-electron chi connectivity index (χ3n) is 3.30. The van der Waals surface area contributed by atoms with Crippen LogP contribution < -0.4 is 10.6 Å². The maximum Gasteiger partial charge on any atom is 0.247 e. The second-order valence-electron chi connectivity index (χ2n) is 4.71. The molecule has 0 saturated heterocycles. The lowest BCUT2D eigenvalue weighted by Gasteiger charge is -2.12. The van der Waals surface area contributed by atoms with Gasteiger partial charge in [0.1, 0.15) is 6.04 Å². The van der Waals surface area contributed by atoms with Crippen molar-refractivity contribution in [1.29, 1.82) is 0 Å². The number of phenolic OH excluding ortho intramolecular Hbond substituents is 1. The fraction of sp³-hybridized carbons (Fsp3) is 0.133. The van der Waals surface area contributed by atoms with Gasteiger partial charge in [-0.25, -0.2) is 4.39 Å². The first-order valence-corrected chi connectivity index (χ1v) is 6.27. The molecule has 20 heavy (non-hydrogen) atoms. The normalized spacial score (nSPS) is 16.4. The Morgan fingerprint density at radius 3 is 2.85 bits per heavy atom. The van der Waals surface area contributed by atoms with Gasteiger partial charge in [0, 0.05) is 23.9 Å². The molecule has 0 aromatic heterocycles. The van der Waals surface area contributed by atoms with Gasteiger partial charge in [0.15, 0.2) is 11.6 Å². The Labute approximate surface area is 115 Å². The summed E-state index contributed by atoms with van der Waals surface area (Å²) in [5.74, 6) is -1.42. The Bertz CT molecular complexity index is 648. The van der Waals surface area contributed by atoms with Crippen molar-refractivity contribution in [2.75, 3.05) is 10.6 Å². The molecule has 3 rings (SSSR count). The number of aromatic hydroxyl groups is 1. The van der Waals surface area contributed by atoms with Crippen LogP contribution >= 0.6 is 0 Å². The number of para-hydroxylation sites is 1. The number of rotatable bonds is 2. The van der Waals surface area contributed by atoms with E-state index in [2.05, 4.69) is 10.6 Å². The van der Waals surface area contributed by atoms with Crippen LogP contribution in [0, 0.1) is 5.82 Å². The molecule has 3 N–H and O–H groups in total. The Hall–Kier alpha value is -2.56. The highest BCUT2D eigenvalue weighted by Crippen LogP contribution is 2.26. The predicted molar refractivity (Wildman–Crippen MR) is 74.3 cm³/mol. The Morgan fingerprint density at radius 1 is 1.30 bits per heavy atom. The van der Waals surface area contributed by atoms with E-state index in [9.17, 15) is 9.18 Å². The van der Waals surface area contributed by atoms with Crippen molar-refractivity contribution in [3.63, 3.8) is 0 Å². The van der Waals surface area contributed by atoms with E-state index in [1.807, 2.05) is 24.3 Å². The molecule has 0 fully saturated rings. The molecule has 0 spiro atoms. The molecular weight excluding hydrogens is 259 g/mol. The number of fused-ring (bicyclic) bond motifs is 1. The third-order valence-corrected chi connectivity index (χ3v) is 3.30. The second kappa shape index (κ2) is 4.85. The first-order valence-electron chi connectivity index (χ1n) is 6.27. The minimum Gasteiger partial charge on any atom is -0.505 e. The van der Waals surface area contributed by atoms with Crippen molar-refractivity contribution in [3.05, 3.63) is 53.8 Å². The van der Waals surface area contributed by atoms with Gasteiger partial charge in [-0.2, -0.15) is 0 Å². The van der Waals surface area contributed by atoms with Crippen molar-refractivity contribution >= 4 is 17.3 Å². The van der Waals surface area contributed by atoms with Crippen molar-refractivity contribution in [2.24, 2.45) is 0 Å². The molecule has 0 bridgehead atoms. The van der Waals surface area contributed by atoms with Crippen LogP contribution in [0.5, 0.6) is 5.75 Å². The minimum atomic E-state index is -0.759. The zero-order valence-electron chi connectivity index (χ0n) is 10.6. The van der Waals surface area contributed by atoms with Gasteiger partial charge in [-0.15, -0.1) is 0 Å². The highest BCUT2D eigenvalue weighted by molar-refractivity contribution is 5.98. The van der Waals surface area contributed by atoms with Crippen LogP contribution in [-0.4, -0.2) is 17.1 Å². The van der Waals surface area contributed by atoms with Gasteiger partial charge in [-0.05, 0) is 23.8 Å². The molecule has 1 atom stereocenters. The smallest absolute Gasteiger partial charge is 0.247 e. The van der Waals surface area contributed by atoms with Crippen molar-refractivity contribution in [1.82, 2.24) is 0 Å². The van der Waals surface area contributed by atoms with E-state index < -0.39 is 11.6 Å². The molecule has 2 aromatic rings. The average Bonchev–Trinajstić information content (AvgIpc) is 2.87. The van der Waals surface area contributed by atoms with Gasteiger partial charge in [-0.3, -0.25) is 4.79 Å². The number of hydrogen-bond donors (Lipinski definition) is 3. The number of anilines is 2. The Kier molecular flexibility index (Phi) is 3.02. The highest BCUT2D eigenvalue weighted by atomic mass is 19.1. The standard InChI is InChI=1S/C15H13FN2O2/c16-11-8-10(5-6-14(11)19)17-15(20)13-7-9-3-1-2-4-12(9)18-13/h1-6,8,13,18-19H,7H2,(H,17,20). The summed E-state index contributed by atoms with van der Waals surface area (Å²) in [6, 6.07) is 11.1. The maximum atomic E-state index is 13.2. The van der Waals surface area contributed by atoms with Gasteiger partial charge in [0.25, 0.3) is 0 Å². The summed E-state index contributed by atoms with van der Waals surface area (Å²) in [4.78, 5) is 12.1. The summed E-state index contributed by atoms with van der Waals surface area (Å²) in [5.41, 5.74) is 2.36. The zero-order chi connectivity index (χ0) is 14.1. The summed E-state index contributed by atoms with van der Waals surface area (Å²) >= 11 is 0. The second-order valence-corrected chi connectivity index (χ2v) is 4.71. The molecule has 102 valence electrons. The van der Waals surface area contributed by atoms with Crippen LogP contribution in [0.25, 0.3) is 0 Å². The third kappa shape index (κ3) is 2.30. The Balaban J connectivity index is 1.71. The molecule has 1 unspecified atom stereocenters. The van der Waals surface area contributed by atoms with E-state index in [4.69, 9.17) is 5.11 Å². The summed E-state index contributed by atoms with van der Waals surface area (Å²) in [7, 11) is 0. The van der Waals surface area contributed by atoms with Gasteiger partial charge in [0.2, 0.25) is 5.91 Å². The van der Waals surface area contributed by atoms with Crippen LogP contribution in [0.3, 0.4) is 0 Å². The van der Waals surface area contributed by atoms with Crippen LogP contribution in [0.4, 0.5) is 15.8 Å². The average molecular weight is 272 g/mol. The van der Waals surface area contributed by atoms with E-state index in [1.54, 1.807) is 0 Å². The highest BCUT2D eigenvalue weighted by Gasteiger charge is 2.26. The fourth-order valence-corrected chi connectivity index (χ4v) is 2.27. The summed E-state index contributed by atoms with van der Waals surface area (Å²) in [6.45, 7) is 0. The summed E-state index contributed by atoms with van der Waals surface area (Å²) in [5, 5.41) is 14.9. The molecule has 5 heteroatoms. The lowest BCUT2D eigenvalue weighted by Crippen LogP contribution is -2.32. The van der Waals surface area contributed by atoms with Crippen molar-refractivity contribution in [2.45, 2.75) is 12.5 Å². The van der Waals surface area contributed by atoms with E-state index >= 15 is 0 Å². The molecule has 4 nitrogen and oxygen atoms in total. The fourth-order valence-electron chi connectivity index (χ4n) is 2.27. The quantitative estimate of drug-likeness (QED) is 0.736. The van der Waals surface area contributed by atoms with Gasteiger partial charge < -0.3 is 15.7 Å². The number of benzene rings is 2. The van der Waals surface area contributed by atoms with Gasteiger partial charge >= 0.3 is 0 Å². The van der Waals surface area contributed by atoms with E-state index in [0.717, 1.165) is 17.3 Å². The van der Waals surface area contributed by atoms with Crippen molar-refractivity contribution in [3.8, 4) is 5.75 Å². The number of phenols is 1. The number of hydrogen-bond acceptors (Lipinski definition) is 3. The number of halogens is 1. The van der Waals surface area contributed by atoms with Crippen LogP contribution in [0.2, 0.25) is 0 Å². The largest absolute Gasteiger partial charge is 0.505 e. The molecule has 0 aliphatic carbocycles. The summed E-state index contributed by atoms with van der Waals surface area (Å²) < 4.78 is 13.2. The monoisotopic (exact) mass is 272 g/mol. The van der Waals surface area contributed by atoms with Crippen LogP contribution in [-0.2, 0) is 11.2 Å². The van der Waals surface area contributed by atoms with Crippen molar-refractivity contribution < 1.29 is 14.3 Å². The molecule has 0 saturated carbocycles. The van der Waals surface area contributed by atoms with E-state index in [-0.39, 0.29) is 11.9 Å². The minimum absolute atomic E-state index is 0.230. The van der Waals surface area contributed by atoms with Gasteiger partial charge in [0.05, 0.1) is 0 Å². The molecule has 1 amide bonds. The number of nitrogens with one attached hydrogen (secondary N) is 2. The zero-order valence-corrected chi connectivity index (χ0v) is 10.6. The Morgan fingerprint density at radius 2 is 2.10 bits per heavy atom. The van der Waals surface area contributed by atoms with Gasteiger partial charge in [-0.1, -0.05) is 18.2 Å². The molecule has 1 aliphatic heterocycles. The summed E-state index contributed by atoms with van der Waals surface area (Å²) in [6.07, 6.45) is 0.600.